The Balaban J connectivity index is 1.75. The average Bonchev–Trinajstić information content (AvgIpc) is 3.33. The minimum Gasteiger partial charge on any atom is -0.497 e. The highest BCUT2D eigenvalue weighted by Crippen LogP contribution is 2.58. The molecule has 10 heteroatoms. The van der Waals surface area contributed by atoms with Gasteiger partial charge in [-0.15, -0.1) is 0 Å². The van der Waals surface area contributed by atoms with Crippen molar-refractivity contribution >= 4 is 17.6 Å². The van der Waals surface area contributed by atoms with E-state index in [0.29, 0.717) is 17.0 Å². The minimum atomic E-state index is -1.53. The first-order valence-electron chi connectivity index (χ1n) is 10.3. The molecule has 1 fully saturated rings. The first-order valence-corrected chi connectivity index (χ1v) is 10.3. The lowest BCUT2D eigenvalue weighted by Crippen LogP contribution is -2.56. The molecule has 1 amide bonds. The lowest BCUT2D eigenvalue weighted by molar-refractivity contribution is -0.137. The number of nitriles is 1. The first-order chi connectivity index (χ1) is 15.9. The second-order valence-corrected chi connectivity index (χ2v) is 8.06. The molecule has 10 nitrogen and oxygen atoms in total. The number of hydrazine groups is 1. The highest BCUT2D eigenvalue weighted by molar-refractivity contribution is 6.13. The van der Waals surface area contributed by atoms with Crippen LogP contribution < -0.4 is 26.2 Å². The summed E-state index contributed by atoms with van der Waals surface area (Å²) in [4.78, 5) is 26.9. The van der Waals surface area contributed by atoms with Crippen LogP contribution in [0.2, 0.25) is 0 Å². The van der Waals surface area contributed by atoms with Crippen LogP contribution in [0.1, 0.15) is 17.2 Å². The van der Waals surface area contributed by atoms with Crippen molar-refractivity contribution in [3.05, 3.63) is 71.1 Å². The summed E-state index contributed by atoms with van der Waals surface area (Å²) in [5.74, 6) is -1.81. The zero-order valence-corrected chi connectivity index (χ0v) is 17.6. The number of hydrogen-bond donors (Lipinski definition) is 4. The smallest absolute Gasteiger partial charge is 0.323 e. The number of nitrogens with one attached hydrogen (secondary N) is 2. The van der Waals surface area contributed by atoms with Gasteiger partial charge in [-0.2, -0.15) is 5.26 Å². The van der Waals surface area contributed by atoms with Gasteiger partial charge in [-0.25, -0.2) is 10.9 Å². The molecule has 3 aliphatic heterocycles. The van der Waals surface area contributed by atoms with E-state index in [1.165, 1.54) is 4.90 Å². The largest absolute Gasteiger partial charge is 0.497 e. The molecule has 1 spiro atoms. The number of ether oxygens (including phenoxy) is 2. The molecule has 2 aromatic carbocycles. The van der Waals surface area contributed by atoms with E-state index in [-0.39, 0.29) is 11.5 Å². The molecule has 2 aromatic rings. The van der Waals surface area contributed by atoms with Crippen molar-refractivity contribution in [2.75, 3.05) is 18.6 Å². The zero-order chi connectivity index (χ0) is 23.3. The summed E-state index contributed by atoms with van der Waals surface area (Å²) < 4.78 is 11.1. The van der Waals surface area contributed by atoms with Crippen molar-refractivity contribution in [1.29, 1.82) is 5.26 Å². The number of nitrogens with zero attached hydrogens (tertiary/aromatic N) is 2. The van der Waals surface area contributed by atoms with Crippen molar-refractivity contribution in [2.24, 2.45) is 11.7 Å². The van der Waals surface area contributed by atoms with Crippen LogP contribution in [-0.2, 0) is 19.7 Å². The van der Waals surface area contributed by atoms with E-state index in [0.717, 1.165) is 5.56 Å². The van der Waals surface area contributed by atoms with Gasteiger partial charge in [-0.1, -0.05) is 30.3 Å². The SMILES string of the molecule is COc1ccc(C2NNC3OC(N)=C(C#N)C4(C(=O)N(CC(=O)O)c5ccccc54)C32)cc1. The number of carboxylic acid groups (broad SMARTS) is 1. The third kappa shape index (κ3) is 2.80. The number of hydrogen-bond acceptors (Lipinski definition) is 8. The Morgan fingerprint density at radius 3 is 2.67 bits per heavy atom. The summed E-state index contributed by atoms with van der Waals surface area (Å²) in [5, 5.41) is 19.6. The van der Waals surface area contributed by atoms with E-state index in [9.17, 15) is 20.0 Å². The molecule has 168 valence electrons. The fourth-order valence-electron chi connectivity index (χ4n) is 5.24. The van der Waals surface area contributed by atoms with Gasteiger partial charge in [0.15, 0.2) is 6.23 Å². The van der Waals surface area contributed by atoms with Gasteiger partial charge in [0.2, 0.25) is 11.8 Å². The summed E-state index contributed by atoms with van der Waals surface area (Å²) in [7, 11) is 1.57. The molecular formula is C23H21N5O5. The molecule has 5 N–H and O–H groups in total. The van der Waals surface area contributed by atoms with Crippen LogP contribution in [0.3, 0.4) is 0 Å². The standard InChI is InChI=1S/C23H21N5O5/c1-32-13-8-6-12(7-9-13)19-18-21(27-26-19)33-20(25)15(10-24)23(18)14-4-2-3-5-16(14)28(22(23)31)11-17(29)30/h2-9,18-19,21,26-27H,11,25H2,1H3,(H,29,30). The van der Waals surface area contributed by atoms with Gasteiger partial charge in [0.05, 0.1) is 19.1 Å². The number of rotatable bonds is 4. The second kappa shape index (κ2) is 7.51. The van der Waals surface area contributed by atoms with E-state index >= 15 is 0 Å². The maximum atomic E-state index is 14.1. The number of carboxylic acids is 1. The number of amides is 1. The number of para-hydroxylation sites is 1. The van der Waals surface area contributed by atoms with E-state index in [4.69, 9.17) is 15.2 Å². The van der Waals surface area contributed by atoms with Gasteiger partial charge >= 0.3 is 5.97 Å². The number of carbonyl (C=O) groups is 2. The normalized spacial score (nSPS) is 27.7. The predicted octanol–water partition coefficient (Wildman–Crippen LogP) is 0.880. The zero-order valence-electron chi connectivity index (χ0n) is 17.6. The first kappa shape index (κ1) is 20.8. The molecule has 5 rings (SSSR count). The van der Waals surface area contributed by atoms with Gasteiger partial charge in [0, 0.05) is 5.69 Å². The fraction of sp³-hybridized carbons (Fsp3) is 0.261. The second-order valence-electron chi connectivity index (χ2n) is 8.06. The maximum absolute atomic E-state index is 14.1. The van der Waals surface area contributed by atoms with Crippen LogP contribution in [0.4, 0.5) is 5.69 Å². The molecule has 33 heavy (non-hydrogen) atoms. The van der Waals surface area contributed by atoms with Crippen LogP contribution in [-0.4, -0.2) is 36.9 Å². The molecular weight excluding hydrogens is 426 g/mol. The Morgan fingerprint density at radius 1 is 1.27 bits per heavy atom. The van der Waals surface area contributed by atoms with E-state index in [2.05, 4.69) is 16.9 Å². The van der Waals surface area contributed by atoms with Crippen LogP contribution in [0.25, 0.3) is 0 Å². The van der Waals surface area contributed by atoms with Crippen molar-refractivity contribution < 1.29 is 24.2 Å². The van der Waals surface area contributed by atoms with Gasteiger partial charge < -0.3 is 20.3 Å². The number of aliphatic carboxylic acids is 1. The molecule has 4 atom stereocenters. The number of nitrogens with two attached hydrogens (primary N) is 1. The minimum absolute atomic E-state index is 0.0295. The Bertz CT molecular complexity index is 1220. The molecule has 0 aromatic heterocycles. The van der Waals surface area contributed by atoms with Crippen molar-refractivity contribution in [3.63, 3.8) is 0 Å². The summed E-state index contributed by atoms with van der Waals surface area (Å²) in [5.41, 5.74) is 12.6. The monoisotopic (exact) mass is 447 g/mol. The molecule has 3 heterocycles. The average molecular weight is 447 g/mol. The van der Waals surface area contributed by atoms with E-state index < -0.39 is 42.0 Å². The summed E-state index contributed by atoms with van der Waals surface area (Å²) in [6.07, 6.45) is -0.740. The van der Waals surface area contributed by atoms with Crippen LogP contribution in [0, 0.1) is 17.2 Å². The molecule has 3 aliphatic rings. The van der Waals surface area contributed by atoms with Crippen LogP contribution >= 0.6 is 0 Å². The van der Waals surface area contributed by atoms with Gasteiger partial charge in [0.25, 0.3) is 0 Å². The number of anilines is 1. The topological polar surface area (TPSA) is 150 Å². The third-order valence-corrected chi connectivity index (χ3v) is 6.54. The Hall–Kier alpha value is -4.07. The molecule has 0 saturated carbocycles. The van der Waals surface area contributed by atoms with Gasteiger partial charge in [-0.05, 0) is 29.3 Å². The number of methoxy groups -OCH3 is 1. The Kier molecular flexibility index (Phi) is 4.74. The maximum Gasteiger partial charge on any atom is 0.323 e. The van der Waals surface area contributed by atoms with Crippen molar-refractivity contribution in [3.8, 4) is 11.8 Å². The predicted molar refractivity (Wildman–Crippen MR) is 115 cm³/mol. The quantitative estimate of drug-likeness (QED) is 0.535. The fourth-order valence-corrected chi connectivity index (χ4v) is 5.24. The number of benzene rings is 2. The molecule has 1 saturated heterocycles. The van der Waals surface area contributed by atoms with Gasteiger partial charge in [-0.3, -0.25) is 14.5 Å². The van der Waals surface area contributed by atoms with E-state index in [1.807, 2.05) is 12.1 Å². The van der Waals surface area contributed by atoms with Crippen LogP contribution in [0.5, 0.6) is 5.75 Å². The van der Waals surface area contributed by atoms with Gasteiger partial charge in [0.1, 0.15) is 29.4 Å². The lowest BCUT2D eigenvalue weighted by atomic mass is 9.62. The van der Waals surface area contributed by atoms with Crippen molar-refractivity contribution in [2.45, 2.75) is 17.7 Å². The summed E-state index contributed by atoms with van der Waals surface area (Å²) in [6, 6.07) is 15.9. The van der Waals surface area contributed by atoms with E-state index in [1.54, 1.807) is 43.5 Å². The Labute approximate surface area is 189 Å². The molecule has 0 bridgehead atoms. The van der Waals surface area contributed by atoms with Crippen LogP contribution in [0.15, 0.2) is 60.0 Å². The van der Waals surface area contributed by atoms with Crippen molar-refractivity contribution in [1.82, 2.24) is 10.9 Å². The summed E-state index contributed by atoms with van der Waals surface area (Å²) in [6.45, 7) is -0.539. The molecule has 0 aliphatic carbocycles. The highest BCUT2D eigenvalue weighted by Gasteiger charge is 2.67. The third-order valence-electron chi connectivity index (χ3n) is 6.54. The number of fused-ring (bicyclic) bond motifs is 4. The highest BCUT2D eigenvalue weighted by atomic mass is 16.5. The molecule has 4 unspecified atom stereocenters. The summed E-state index contributed by atoms with van der Waals surface area (Å²) >= 11 is 0. The number of carbonyl (C=O) groups excluding carboxylic acids is 1. The lowest BCUT2D eigenvalue weighted by Gasteiger charge is -2.42. The molecule has 0 radical (unpaired) electrons. The Morgan fingerprint density at radius 2 is 2.00 bits per heavy atom.